The Morgan fingerprint density at radius 1 is 0.889 bits per heavy atom. The van der Waals surface area contributed by atoms with Gasteiger partial charge in [0, 0.05) is 19.6 Å². The van der Waals surface area contributed by atoms with Crippen LogP contribution in [0.1, 0.15) is 37.8 Å². The van der Waals surface area contributed by atoms with Gasteiger partial charge in [0.2, 0.25) is 0 Å². The maximum absolute atomic E-state index is 11.4. The van der Waals surface area contributed by atoms with E-state index in [0.717, 1.165) is 19.5 Å². The van der Waals surface area contributed by atoms with Crippen molar-refractivity contribution in [1.82, 2.24) is 4.90 Å². The van der Waals surface area contributed by atoms with Crippen molar-refractivity contribution >= 4 is 0 Å². The second-order valence-electron chi connectivity index (χ2n) is 9.21. The van der Waals surface area contributed by atoms with Crippen molar-refractivity contribution < 1.29 is 10.2 Å². The normalized spacial score (nSPS) is 31.5. The zero-order valence-corrected chi connectivity index (χ0v) is 16.4. The van der Waals surface area contributed by atoms with E-state index in [1.54, 1.807) is 0 Å². The third-order valence-electron chi connectivity index (χ3n) is 6.95. The molecule has 0 saturated heterocycles. The zero-order chi connectivity index (χ0) is 19.1. The average Bonchev–Trinajstić information content (AvgIpc) is 3.15. The predicted octanol–water partition coefficient (Wildman–Crippen LogP) is 3.85. The van der Waals surface area contributed by atoms with E-state index in [4.69, 9.17) is 0 Å². The third-order valence-corrected chi connectivity index (χ3v) is 6.95. The Kier molecular flexibility index (Phi) is 4.87. The molecular weight excluding hydrogens is 334 g/mol. The maximum Gasteiger partial charge on any atom is 0.103 e. The lowest BCUT2D eigenvalue weighted by Gasteiger charge is -2.40. The van der Waals surface area contributed by atoms with E-state index in [1.807, 2.05) is 12.1 Å². The number of hydrogen-bond acceptors (Lipinski definition) is 3. The molecule has 144 valence electrons. The Morgan fingerprint density at radius 3 is 1.93 bits per heavy atom. The van der Waals surface area contributed by atoms with Crippen molar-refractivity contribution in [2.75, 3.05) is 6.54 Å². The second kappa shape index (κ2) is 7.05. The minimum Gasteiger partial charge on any atom is -0.390 e. The SMILES string of the molecule is CC1(C)[C@@H]2C[C@@H](O)[C@](O)(CN(Cc3ccccc3)Cc3ccccc3)C[C@@H]21. The molecule has 4 rings (SSSR count). The Balaban J connectivity index is 1.53. The Labute approximate surface area is 162 Å². The summed E-state index contributed by atoms with van der Waals surface area (Å²) in [6.07, 6.45) is 0.777. The van der Waals surface area contributed by atoms with E-state index in [1.165, 1.54) is 11.1 Å². The van der Waals surface area contributed by atoms with Crippen molar-refractivity contribution in [2.24, 2.45) is 17.3 Å². The van der Waals surface area contributed by atoms with Crippen LogP contribution in [0.25, 0.3) is 0 Å². The van der Waals surface area contributed by atoms with E-state index in [2.05, 4.69) is 67.3 Å². The number of benzene rings is 2. The third kappa shape index (κ3) is 3.82. The van der Waals surface area contributed by atoms with Crippen LogP contribution in [0.15, 0.2) is 60.7 Å². The van der Waals surface area contributed by atoms with Crippen LogP contribution < -0.4 is 0 Å². The summed E-state index contributed by atoms with van der Waals surface area (Å²) >= 11 is 0. The van der Waals surface area contributed by atoms with Gasteiger partial charge in [-0.15, -0.1) is 0 Å². The summed E-state index contributed by atoms with van der Waals surface area (Å²) in [5.41, 5.74) is 1.69. The number of hydrogen-bond donors (Lipinski definition) is 2. The van der Waals surface area contributed by atoms with Gasteiger partial charge in [-0.25, -0.2) is 0 Å². The molecule has 0 bridgehead atoms. The molecule has 2 fully saturated rings. The van der Waals surface area contributed by atoms with Crippen LogP contribution in [-0.4, -0.2) is 33.4 Å². The fraction of sp³-hybridized carbons (Fsp3) is 0.500. The molecule has 3 nitrogen and oxygen atoms in total. The smallest absolute Gasteiger partial charge is 0.103 e. The van der Waals surface area contributed by atoms with Gasteiger partial charge in [-0.1, -0.05) is 74.5 Å². The van der Waals surface area contributed by atoms with Crippen molar-refractivity contribution in [3.63, 3.8) is 0 Å². The molecule has 2 aromatic rings. The Morgan fingerprint density at radius 2 is 1.41 bits per heavy atom. The molecule has 0 amide bonds. The summed E-state index contributed by atoms with van der Waals surface area (Å²) in [6, 6.07) is 20.8. The lowest BCUT2D eigenvalue weighted by atomic mass is 9.81. The van der Waals surface area contributed by atoms with Crippen molar-refractivity contribution in [1.29, 1.82) is 0 Å². The van der Waals surface area contributed by atoms with E-state index < -0.39 is 11.7 Å². The highest BCUT2D eigenvalue weighted by molar-refractivity contribution is 5.19. The van der Waals surface area contributed by atoms with Crippen LogP contribution in [0, 0.1) is 17.3 Å². The first-order valence-corrected chi connectivity index (χ1v) is 10.1. The lowest BCUT2D eigenvalue weighted by molar-refractivity contribution is -0.119. The first-order valence-electron chi connectivity index (χ1n) is 10.1. The van der Waals surface area contributed by atoms with Gasteiger partial charge >= 0.3 is 0 Å². The van der Waals surface area contributed by atoms with Gasteiger partial charge in [0.05, 0.1) is 6.10 Å². The monoisotopic (exact) mass is 365 g/mol. The number of aliphatic hydroxyl groups excluding tert-OH is 1. The summed E-state index contributed by atoms with van der Waals surface area (Å²) in [6.45, 7) is 6.57. The molecule has 0 radical (unpaired) electrons. The average molecular weight is 366 g/mol. The Hall–Kier alpha value is -1.68. The van der Waals surface area contributed by atoms with Crippen LogP contribution in [-0.2, 0) is 13.1 Å². The van der Waals surface area contributed by atoms with Gasteiger partial charge < -0.3 is 10.2 Å². The van der Waals surface area contributed by atoms with Gasteiger partial charge in [0.15, 0.2) is 0 Å². The number of rotatable bonds is 6. The van der Waals surface area contributed by atoms with Crippen LogP contribution in [0.3, 0.4) is 0 Å². The van der Waals surface area contributed by atoms with Gasteiger partial charge in [0.1, 0.15) is 5.60 Å². The van der Waals surface area contributed by atoms with E-state index in [-0.39, 0.29) is 5.41 Å². The molecule has 2 N–H and O–H groups in total. The highest BCUT2D eigenvalue weighted by atomic mass is 16.3. The van der Waals surface area contributed by atoms with Gasteiger partial charge in [-0.2, -0.15) is 0 Å². The van der Waals surface area contributed by atoms with Gasteiger partial charge in [0.25, 0.3) is 0 Å². The molecule has 0 unspecified atom stereocenters. The Bertz CT molecular complexity index is 719. The largest absolute Gasteiger partial charge is 0.390 e. The van der Waals surface area contributed by atoms with Crippen molar-refractivity contribution in [2.45, 2.75) is 51.5 Å². The van der Waals surface area contributed by atoms with Crippen LogP contribution >= 0.6 is 0 Å². The topological polar surface area (TPSA) is 43.7 Å². The molecule has 2 aliphatic rings. The predicted molar refractivity (Wildman–Crippen MR) is 108 cm³/mol. The molecule has 27 heavy (non-hydrogen) atoms. The molecule has 2 aliphatic carbocycles. The van der Waals surface area contributed by atoms with Gasteiger partial charge in [-0.3, -0.25) is 4.90 Å². The highest BCUT2D eigenvalue weighted by Gasteiger charge is 2.64. The second-order valence-corrected chi connectivity index (χ2v) is 9.21. The number of fused-ring (bicyclic) bond motifs is 1. The molecule has 3 heteroatoms. The summed E-state index contributed by atoms with van der Waals surface area (Å²) in [5, 5.41) is 22.2. The minimum atomic E-state index is -1.03. The molecule has 0 heterocycles. The lowest BCUT2D eigenvalue weighted by Crippen LogP contribution is -2.53. The summed E-state index contributed by atoms with van der Waals surface area (Å²) in [4.78, 5) is 2.28. The maximum atomic E-state index is 11.4. The molecule has 0 aliphatic heterocycles. The first-order chi connectivity index (χ1) is 12.9. The van der Waals surface area contributed by atoms with E-state index in [9.17, 15) is 10.2 Å². The molecule has 2 aromatic carbocycles. The zero-order valence-electron chi connectivity index (χ0n) is 16.4. The quantitative estimate of drug-likeness (QED) is 0.817. The molecule has 2 saturated carbocycles. The molecule has 0 spiro atoms. The van der Waals surface area contributed by atoms with E-state index >= 15 is 0 Å². The van der Waals surface area contributed by atoms with E-state index in [0.29, 0.717) is 24.8 Å². The number of nitrogens with zero attached hydrogens (tertiary/aromatic N) is 1. The summed E-state index contributed by atoms with van der Waals surface area (Å²) in [7, 11) is 0. The standard InChI is InChI=1S/C24H31NO2/c1-23(2)20-13-22(26)24(27,14-21(20)23)17-25(15-18-9-5-3-6-10-18)16-19-11-7-4-8-12-19/h3-12,20-22,26-27H,13-17H2,1-2H3/t20-,21+,22-,24-/m1/s1. The highest BCUT2D eigenvalue weighted by Crippen LogP contribution is 2.66. The first kappa shape index (κ1) is 18.7. The van der Waals surface area contributed by atoms with Gasteiger partial charge in [-0.05, 0) is 41.2 Å². The van der Waals surface area contributed by atoms with Crippen molar-refractivity contribution in [3.05, 3.63) is 71.8 Å². The fourth-order valence-corrected chi connectivity index (χ4v) is 5.12. The van der Waals surface area contributed by atoms with Crippen LogP contribution in [0.2, 0.25) is 0 Å². The van der Waals surface area contributed by atoms with Crippen molar-refractivity contribution in [3.8, 4) is 0 Å². The fourth-order valence-electron chi connectivity index (χ4n) is 5.12. The number of aliphatic hydroxyl groups is 2. The molecule has 0 aromatic heterocycles. The summed E-state index contributed by atoms with van der Waals surface area (Å²) in [5.74, 6) is 1.09. The minimum absolute atomic E-state index is 0.259. The van der Waals surface area contributed by atoms with Crippen LogP contribution in [0.5, 0.6) is 0 Å². The summed E-state index contributed by atoms with van der Waals surface area (Å²) < 4.78 is 0. The molecular formula is C24H31NO2. The molecule has 4 atom stereocenters. The van der Waals surface area contributed by atoms with Crippen LogP contribution in [0.4, 0.5) is 0 Å².